The summed E-state index contributed by atoms with van der Waals surface area (Å²) in [6, 6.07) is 12.4. The summed E-state index contributed by atoms with van der Waals surface area (Å²) in [5.41, 5.74) is 3.32. The highest BCUT2D eigenvalue weighted by Crippen LogP contribution is 2.28. The van der Waals surface area contributed by atoms with Gasteiger partial charge in [-0.2, -0.15) is 0 Å². The SMILES string of the molecule is CC(C(=O)Nc1nc2ccc(F)cc2n1C)c1cn(C)c2ccccc12. The summed E-state index contributed by atoms with van der Waals surface area (Å²) in [5.74, 6) is -0.428. The van der Waals surface area contributed by atoms with Crippen LogP contribution in [0.1, 0.15) is 18.4 Å². The highest BCUT2D eigenvalue weighted by atomic mass is 19.1. The molecule has 26 heavy (non-hydrogen) atoms. The molecule has 0 spiro atoms. The maximum absolute atomic E-state index is 13.5. The van der Waals surface area contributed by atoms with Crippen LogP contribution in [0.5, 0.6) is 0 Å². The average Bonchev–Trinajstić information content (AvgIpc) is 3.13. The van der Waals surface area contributed by atoms with Crippen molar-refractivity contribution in [3.8, 4) is 0 Å². The van der Waals surface area contributed by atoms with Gasteiger partial charge in [-0.25, -0.2) is 9.37 Å². The van der Waals surface area contributed by atoms with E-state index in [0.717, 1.165) is 16.5 Å². The van der Waals surface area contributed by atoms with Gasteiger partial charge in [0, 0.05) is 31.2 Å². The van der Waals surface area contributed by atoms with Crippen LogP contribution in [0.3, 0.4) is 0 Å². The zero-order valence-corrected chi connectivity index (χ0v) is 14.8. The number of aromatic nitrogens is 3. The van der Waals surface area contributed by atoms with Crippen molar-refractivity contribution in [2.75, 3.05) is 5.32 Å². The Labute approximate surface area is 150 Å². The number of amides is 1. The van der Waals surface area contributed by atoms with Crippen LogP contribution < -0.4 is 5.32 Å². The first-order chi connectivity index (χ1) is 12.5. The molecule has 0 aliphatic carbocycles. The van der Waals surface area contributed by atoms with Crippen LogP contribution in [0.15, 0.2) is 48.7 Å². The molecule has 4 aromatic rings. The lowest BCUT2D eigenvalue weighted by Crippen LogP contribution is -2.20. The zero-order chi connectivity index (χ0) is 18.4. The predicted octanol–water partition coefficient (Wildman–Crippen LogP) is 3.95. The zero-order valence-electron chi connectivity index (χ0n) is 14.8. The van der Waals surface area contributed by atoms with Crippen molar-refractivity contribution in [2.24, 2.45) is 14.1 Å². The van der Waals surface area contributed by atoms with E-state index in [1.807, 2.05) is 49.0 Å². The minimum Gasteiger partial charge on any atom is -0.350 e. The Kier molecular flexibility index (Phi) is 3.76. The number of rotatable bonds is 3. The van der Waals surface area contributed by atoms with Crippen LogP contribution in [-0.2, 0) is 18.9 Å². The number of imidazole rings is 1. The molecule has 0 fully saturated rings. The highest BCUT2D eigenvalue weighted by Gasteiger charge is 2.21. The van der Waals surface area contributed by atoms with Gasteiger partial charge < -0.3 is 9.13 Å². The monoisotopic (exact) mass is 350 g/mol. The fourth-order valence-electron chi connectivity index (χ4n) is 3.35. The molecular formula is C20H19FN4O. The molecule has 0 radical (unpaired) electrons. The summed E-state index contributed by atoms with van der Waals surface area (Å²) in [7, 11) is 3.73. The molecule has 0 aliphatic heterocycles. The van der Waals surface area contributed by atoms with Crippen LogP contribution >= 0.6 is 0 Å². The maximum atomic E-state index is 13.5. The van der Waals surface area contributed by atoms with Crippen molar-refractivity contribution in [3.05, 3.63) is 60.0 Å². The number of carbonyl (C=O) groups excluding carboxylic acids is 1. The van der Waals surface area contributed by atoms with Crippen molar-refractivity contribution in [1.82, 2.24) is 14.1 Å². The molecule has 0 saturated heterocycles. The first kappa shape index (κ1) is 16.3. The molecule has 0 aliphatic rings. The minimum absolute atomic E-state index is 0.153. The molecule has 132 valence electrons. The second kappa shape index (κ2) is 5.98. The van der Waals surface area contributed by atoms with Crippen LogP contribution in [0.2, 0.25) is 0 Å². The molecule has 1 unspecified atom stereocenters. The molecule has 1 amide bonds. The summed E-state index contributed by atoms with van der Waals surface area (Å²) < 4.78 is 17.2. The fourth-order valence-corrected chi connectivity index (χ4v) is 3.35. The first-order valence-electron chi connectivity index (χ1n) is 8.42. The van der Waals surface area contributed by atoms with Gasteiger partial charge in [0.1, 0.15) is 5.82 Å². The summed E-state index contributed by atoms with van der Waals surface area (Å²) in [6.45, 7) is 1.87. The van der Waals surface area contributed by atoms with Crippen LogP contribution in [0, 0.1) is 5.82 Å². The summed E-state index contributed by atoms with van der Waals surface area (Å²) in [5, 5.41) is 3.93. The van der Waals surface area contributed by atoms with E-state index in [0.29, 0.717) is 17.0 Å². The van der Waals surface area contributed by atoms with Gasteiger partial charge in [0.15, 0.2) is 0 Å². The fraction of sp³-hybridized carbons (Fsp3) is 0.200. The smallest absolute Gasteiger partial charge is 0.234 e. The summed E-state index contributed by atoms with van der Waals surface area (Å²) >= 11 is 0. The molecule has 0 bridgehead atoms. The van der Waals surface area contributed by atoms with E-state index in [1.165, 1.54) is 12.1 Å². The van der Waals surface area contributed by atoms with Gasteiger partial charge in [-0.05, 0) is 36.8 Å². The van der Waals surface area contributed by atoms with Crippen LogP contribution in [0.4, 0.5) is 10.3 Å². The quantitative estimate of drug-likeness (QED) is 0.608. The average molecular weight is 350 g/mol. The number of halogens is 1. The number of para-hydroxylation sites is 1. The Bertz CT molecular complexity index is 1140. The van der Waals surface area contributed by atoms with Crippen molar-refractivity contribution < 1.29 is 9.18 Å². The number of carbonyl (C=O) groups is 1. The minimum atomic E-state index is -0.349. The number of hydrogen-bond donors (Lipinski definition) is 1. The van der Waals surface area contributed by atoms with Gasteiger partial charge in [0.05, 0.1) is 17.0 Å². The van der Waals surface area contributed by atoms with Crippen LogP contribution in [-0.4, -0.2) is 20.0 Å². The summed E-state index contributed by atoms with van der Waals surface area (Å²) in [4.78, 5) is 17.2. The first-order valence-corrected chi connectivity index (χ1v) is 8.42. The number of hydrogen-bond acceptors (Lipinski definition) is 2. The molecule has 1 N–H and O–H groups in total. The number of aryl methyl sites for hydroxylation is 2. The summed E-state index contributed by atoms with van der Waals surface area (Å²) in [6.07, 6.45) is 1.99. The molecule has 2 aromatic carbocycles. The Morgan fingerprint density at radius 3 is 2.73 bits per heavy atom. The van der Waals surface area contributed by atoms with Crippen molar-refractivity contribution >= 4 is 33.8 Å². The third-order valence-corrected chi connectivity index (χ3v) is 4.87. The number of nitrogens with one attached hydrogen (secondary N) is 1. The molecule has 6 heteroatoms. The molecule has 0 saturated carbocycles. The van der Waals surface area contributed by atoms with E-state index in [9.17, 15) is 9.18 Å². The van der Waals surface area contributed by atoms with E-state index in [1.54, 1.807) is 17.7 Å². The van der Waals surface area contributed by atoms with Crippen LogP contribution in [0.25, 0.3) is 21.9 Å². The van der Waals surface area contributed by atoms with E-state index in [2.05, 4.69) is 10.3 Å². The molecule has 1 atom stereocenters. The van der Waals surface area contributed by atoms with E-state index in [4.69, 9.17) is 0 Å². The van der Waals surface area contributed by atoms with Gasteiger partial charge in [-0.15, -0.1) is 0 Å². The van der Waals surface area contributed by atoms with E-state index in [-0.39, 0.29) is 17.6 Å². The molecule has 2 heterocycles. The van der Waals surface area contributed by atoms with Crippen molar-refractivity contribution in [1.29, 1.82) is 0 Å². The maximum Gasteiger partial charge on any atom is 0.234 e. The van der Waals surface area contributed by atoms with Gasteiger partial charge in [0.25, 0.3) is 0 Å². The Morgan fingerprint density at radius 1 is 1.15 bits per heavy atom. The largest absolute Gasteiger partial charge is 0.350 e. The molecule has 5 nitrogen and oxygen atoms in total. The lowest BCUT2D eigenvalue weighted by molar-refractivity contribution is -0.117. The second-order valence-corrected chi connectivity index (χ2v) is 6.55. The van der Waals surface area contributed by atoms with Gasteiger partial charge in [-0.3, -0.25) is 10.1 Å². The number of benzene rings is 2. The topological polar surface area (TPSA) is 51.9 Å². The lowest BCUT2D eigenvalue weighted by Gasteiger charge is -2.11. The van der Waals surface area contributed by atoms with Gasteiger partial charge in [-0.1, -0.05) is 18.2 Å². The van der Waals surface area contributed by atoms with Crippen molar-refractivity contribution in [3.63, 3.8) is 0 Å². The molecular weight excluding hydrogens is 331 g/mol. The highest BCUT2D eigenvalue weighted by molar-refractivity contribution is 5.99. The van der Waals surface area contributed by atoms with Gasteiger partial charge >= 0.3 is 0 Å². The number of anilines is 1. The Balaban J connectivity index is 1.66. The van der Waals surface area contributed by atoms with E-state index >= 15 is 0 Å². The number of fused-ring (bicyclic) bond motifs is 2. The van der Waals surface area contributed by atoms with Gasteiger partial charge in [0.2, 0.25) is 11.9 Å². The third kappa shape index (κ3) is 2.54. The Hall–Kier alpha value is -3.15. The second-order valence-electron chi connectivity index (χ2n) is 6.55. The van der Waals surface area contributed by atoms with E-state index < -0.39 is 0 Å². The predicted molar refractivity (Wildman–Crippen MR) is 101 cm³/mol. The Morgan fingerprint density at radius 2 is 1.92 bits per heavy atom. The standard InChI is InChI=1S/C20H19FN4O/c1-12(15-11-24(2)17-7-5-4-6-14(15)17)19(26)23-20-22-16-9-8-13(21)10-18(16)25(20)3/h4-12H,1-3H3,(H,22,23,26). The molecule has 4 rings (SSSR count). The molecule has 2 aromatic heterocycles. The third-order valence-electron chi connectivity index (χ3n) is 4.87. The van der Waals surface area contributed by atoms with Crippen molar-refractivity contribution in [2.45, 2.75) is 12.8 Å². The normalized spacial score (nSPS) is 12.6. The number of nitrogens with zero attached hydrogens (tertiary/aromatic N) is 3. The lowest BCUT2D eigenvalue weighted by atomic mass is 10.00.